The van der Waals surface area contributed by atoms with Crippen LogP contribution in [0.15, 0.2) is 41.2 Å². The fourth-order valence-corrected chi connectivity index (χ4v) is 4.19. The van der Waals surface area contributed by atoms with Gasteiger partial charge in [-0.1, -0.05) is 6.07 Å². The highest BCUT2D eigenvalue weighted by atomic mass is 32.1. The van der Waals surface area contributed by atoms with Crippen LogP contribution >= 0.6 is 12.2 Å². The number of likely N-dealkylation sites (tertiary alicyclic amines) is 1. The third-order valence-corrected chi connectivity index (χ3v) is 5.53. The van der Waals surface area contributed by atoms with Crippen LogP contribution in [0, 0.1) is 17.6 Å². The molecule has 1 aromatic heterocycles. The number of aromatic nitrogens is 1. The Hall–Kier alpha value is -2.61. The van der Waals surface area contributed by atoms with E-state index in [-0.39, 0.29) is 28.1 Å². The second kappa shape index (κ2) is 6.84. The van der Waals surface area contributed by atoms with Crippen LogP contribution in [-0.4, -0.2) is 33.6 Å². The van der Waals surface area contributed by atoms with Gasteiger partial charge in [0.05, 0.1) is 0 Å². The Morgan fingerprint density at radius 1 is 1.11 bits per heavy atom. The number of carbonyl (C=O) groups excluding carboxylic acids is 1. The molecule has 3 heterocycles. The number of hydrogen-bond acceptors (Lipinski definition) is 3. The zero-order valence-electron chi connectivity index (χ0n) is 14.3. The van der Waals surface area contributed by atoms with E-state index in [1.807, 2.05) is 15.5 Å². The molecular weight excluding hydrogens is 372 g/mol. The number of fused-ring (bicyclic) bond motifs is 4. The molecule has 4 rings (SSSR count). The predicted molar refractivity (Wildman–Crippen MR) is 99.5 cm³/mol. The standard InChI is InChI=1S/C19H17F2N3O2S/c20-14-5-4-12(7-15(14)21)18(26)22-19(27)23-8-11-6-13(10-23)16-2-1-3-17(25)24(16)9-11/h1-5,7,11,13H,6,8-10H2,(H,22,26,27). The molecular formula is C19H17F2N3O2S. The number of rotatable bonds is 1. The lowest BCUT2D eigenvalue weighted by Gasteiger charge is -2.43. The number of amides is 1. The maximum Gasteiger partial charge on any atom is 0.257 e. The van der Waals surface area contributed by atoms with Crippen molar-refractivity contribution in [2.24, 2.45) is 5.92 Å². The maximum absolute atomic E-state index is 13.3. The highest BCUT2D eigenvalue weighted by molar-refractivity contribution is 7.80. The summed E-state index contributed by atoms with van der Waals surface area (Å²) in [5, 5.41) is 2.85. The summed E-state index contributed by atoms with van der Waals surface area (Å²) in [7, 11) is 0. The zero-order chi connectivity index (χ0) is 19.1. The lowest BCUT2D eigenvalue weighted by molar-refractivity contribution is 0.0967. The molecule has 2 aromatic rings. The van der Waals surface area contributed by atoms with E-state index in [2.05, 4.69) is 5.32 Å². The van der Waals surface area contributed by atoms with Gasteiger partial charge in [-0.15, -0.1) is 0 Å². The predicted octanol–water partition coefficient (Wildman–Crippen LogP) is 2.26. The van der Waals surface area contributed by atoms with E-state index >= 15 is 0 Å². The van der Waals surface area contributed by atoms with Crippen LogP contribution < -0.4 is 10.9 Å². The van der Waals surface area contributed by atoms with E-state index in [1.54, 1.807) is 12.1 Å². The summed E-state index contributed by atoms with van der Waals surface area (Å²) in [5.41, 5.74) is 0.994. The topological polar surface area (TPSA) is 54.3 Å². The fraction of sp³-hybridized carbons (Fsp3) is 0.316. The molecule has 0 aliphatic carbocycles. The Kier molecular flexibility index (Phi) is 4.51. The molecule has 2 aliphatic rings. The first-order valence-electron chi connectivity index (χ1n) is 8.67. The first-order valence-corrected chi connectivity index (χ1v) is 9.08. The molecule has 27 heavy (non-hydrogen) atoms. The van der Waals surface area contributed by atoms with Crippen molar-refractivity contribution in [1.29, 1.82) is 0 Å². The summed E-state index contributed by atoms with van der Waals surface area (Å²) in [6.07, 6.45) is 0.972. The molecule has 0 spiro atoms. The minimum absolute atomic E-state index is 0.00451. The van der Waals surface area contributed by atoms with Gasteiger partial charge >= 0.3 is 0 Å². The van der Waals surface area contributed by atoms with E-state index in [0.29, 0.717) is 19.6 Å². The third kappa shape index (κ3) is 3.37. The largest absolute Gasteiger partial charge is 0.348 e. The molecule has 140 valence electrons. The van der Waals surface area contributed by atoms with Crippen molar-refractivity contribution >= 4 is 23.2 Å². The third-order valence-electron chi connectivity index (χ3n) is 5.17. The molecule has 0 saturated carbocycles. The van der Waals surface area contributed by atoms with Gasteiger partial charge in [-0.25, -0.2) is 8.78 Å². The molecule has 1 fully saturated rings. The van der Waals surface area contributed by atoms with Crippen LogP contribution in [0.4, 0.5) is 8.78 Å². The van der Waals surface area contributed by atoms with Crippen LogP contribution in [0.3, 0.4) is 0 Å². The van der Waals surface area contributed by atoms with Crippen molar-refractivity contribution < 1.29 is 13.6 Å². The zero-order valence-corrected chi connectivity index (χ0v) is 15.1. The molecule has 2 atom stereocenters. The van der Waals surface area contributed by atoms with Gasteiger partial charge in [0, 0.05) is 42.9 Å². The smallest absolute Gasteiger partial charge is 0.257 e. The van der Waals surface area contributed by atoms with Gasteiger partial charge < -0.3 is 9.47 Å². The molecule has 1 saturated heterocycles. The molecule has 8 heteroatoms. The van der Waals surface area contributed by atoms with Gasteiger partial charge in [0.15, 0.2) is 16.7 Å². The second-order valence-corrected chi connectivity index (χ2v) is 7.38. The van der Waals surface area contributed by atoms with Crippen molar-refractivity contribution in [3.05, 3.63) is 69.6 Å². The number of benzene rings is 1. The Balaban J connectivity index is 1.48. The fourth-order valence-electron chi connectivity index (χ4n) is 3.95. The quantitative estimate of drug-likeness (QED) is 0.761. The average molecular weight is 389 g/mol. The second-order valence-electron chi connectivity index (χ2n) is 6.99. The lowest BCUT2D eigenvalue weighted by atomic mass is 9.83. The van der Waals surface area contributed by atoms with Crippen LogP contribution in [0.1, 0.15) is 28.4 Å². The van der Waals surface area contributed by atoms with Crippen molar-refractivity contribution in [3.8, 4) is 0 Å². The van der Waals surface area contributed by atoms with E-state index in [1.165, 1.54) is 6.07 Å². The highest BCUT2D eigenvalue weighted by Crippen LogP contribution is 2.34. The Morgan fingerprint density at radius 3 is 2.70 bits per heavy atom. The van der Waals surface area contributed by atoms with Gasteiger partial charge in [-0.05, 0) is 48.8 Å². The summed E-state index contributed by atoms with van der Waals surface area (Å²) >= 11 is 5.37. The normalized spacial score (nSPS) is 20.7. The van der Waals surface area contributed by atoms with E-state index in [9.17, 15) is 18.4 Å². The van der Waals surface area contributed by atoms with Crippen molar-refractivity contribution in [1.82, 2.24) is 14.8 Å². The van der Waals surface area contributed by atoms with Crippen LogP contribution in [-0.2, 0) is 6.54 Å². The minimum Gasteiger partial charge on any atom is -0.348 e. The summed E-state index contributed by atoms with van der Waals surface area (Å²) in [5.74, 6) is -2.25. The van der Waals surface area contributed by atoms with E-state index in [4.69, 9.17) is 12.2 Å². The van der Waals surface area contributed by atoms with E-state index in [0.717, 1.165) is 24.2 Å². The van der Waals surface area contributed by atoms with Gasteiger partial charge in [0.25, 0.3) is 11.5 Å². The number of hydrogen-bond donors (Lipinski definition) is 1. The van der Waals surface area contributed by atoms with Gasteiger partial charge in [0.1, 0.15) is 0 Å². The van der Waals surface area contributed by atoms with Gasteiger partial charge in [-0.2, -0.15) is 0 Å². The SMILES string of the molecule is O=C(NC(=S)N1CC2CC(C1)c1cccc(=O)n1C2)c1ccc(F)c(F)c1. The van der Waals surface area contributed by atoms with Crippen LogP contribution in [0.25, 0.3) is 0 Å². The first kappa shape index (κ1) is 17.8. The number of nitrogens with zero attached hydrogens (tertiary/aromatic N) is 2. The molecule has 2 bridgehead atoms. The number of piperidine rings is 1. The summed E-state index contributed by atoms with van der Waals surface area (Å²) in [4.78, 5) is 26.3. The maximum atomic E-state index is 13.3. The summed E-state index contributed by atoms with van der Waals surface area (Å²) < 4.78 is 28.2. The highest BCUT2D eigenvalue weighted by Gasteiger charge is 2.35. The Morgan fingerprint density at radius 2 is 1.93 bits per heavy atom. The first-order chi connectivity index (χ1) is 12.9. The number of halogens is 2. The van der Waals surface area contributed by atoms with Crippen LogP contribution in [0.2, 0.25) is 0 Å². The lowest BCUT2D eigenvalue weighted by Crippen LogP contribution is -2.52. The van der Waals surface area contributed by atoms with Crippen LogP contribution in [0.5, 0.6) is 0 Å². The van der Waals surface area contributed by atoms with Gasteiger partial charge in [0.2, 0.25) is 0 Å². The van der Waals surface area contributed by atoms with Crippen molar-refractivity contribution in [2.45, 2.75) is 18.9 Å². The monoisotopic (exact) mass is 389 g/mol. The Bertz CT molecular complexity index is 991. The molecule has 1 aromatic carbocycles. The average Bonchev–Trinajstić information content (AvgIpc) is 2.64. The molecule has 5 nitrogen and oxygen atoms in total. The summed E-state index contributed by atoms with van der Waals surface area (Å²) in [6, 6.07) is 8.25. The van der Waals surface area contributed by atoms with Crippen molar-refractivity contribution in [2.75, 3.05) is 13.1 Å². The number of thiocarbonyl (C=S) groups is 1. The minimum atomic E-state index is -1.08. The number of pyridine rings is 1. The molecule has 0 radical (unpaired) electrons. The van der Waals surface area contributed by atoms with Crippen molar-refractivity contribution in [3.63, 3.8) is 0 Å². The molecule has 2 aliphatic heterocycles. The molecule has 2 unspecified atom stereocenters. The summed E-state index contributed by atoms with van der Waals surface area (Å²) in [6.45, 7) is 1.85. The number of nitrogens with one attached hydrogen (secondary N) is 1. The van der Waals surface area contributed by atoms with Gasteiger partial charge in [-0.3, -0.25) is 14.9 Å². The molecule has 1 amide bonds. The molecule has 1 N–H and O–H groups in total. The Labute approximate surface area is 159 Å². The number of carbonyl (C=O) groups is 1. The van der Waals surface area contributed by atoms with E-state index < -0.39 is 17.5 Å².